The third kappa shape index (κ3) is 3.23. The first-order valence-corrected chi connectivity index (χ1v) is 5.97. The zero-order valence-electron chi connectivity index (χ0n) is 10.2. The van der Waals surface area contributed by atoms with Crippen LogP contribution in [0.1, 0.15) is 15.9 Å². The molecular weight excluding hydrogens is 267 g/mol. The highest BCUT2D eigenvalue weighted by atomic mass is 35.5. The van der Waals surface area contributed by atoms with Crippen LogP contribution in [0.2, 0.25) is 5.02 Å². The van der Waals surface area contributed by atoms with Gasteiger partial charge in [0.25, 0.3) is 5.91 Å². The quantitative estimate of drug-likeness (QED) is 0.824. The van der Waals surface area contributed by atoms with Crippen LogP contribution >= 0.6 is 11.6 Å². The number of aryl methyl sites for hydroxylation is 1. The van der Waals surface area contributed by atoms with Crippen LogP contribution < -0.4 is 11.1 Å². The number of nitrogen functional groups attached to an aromatic ring is 1. The summed E-state index contributed by atoms with van der Waals surface area (Å²) >= 11 is 5.83. The Hall–Kier alpha value is -2.07. The number of rotatable bonds is 2. The second kappa shape index (κ2) is 5.28. The van der Waals surface area contributed by atoms with Gasteiger partial charge in [0.15, 0.2) is 0 Å². The Labute approximate surface area is 115 Å². The summed E-state index contributed by atoms with van der Waals surface area (Å²) in [5.74, 6) is -0.963. The molecule has 0 heterocycles. The lowest BCUT2D eigenvalue weighted by atomic mass is 10.1. The molecule has 0 spiro atoms. The van der Waals surface area contributed by atoms with Crippen LogP contribution in [-0.2, 0) is 0 Å². The van der Waals surface area contributed by atoms with Crippen molar-refractivity contribution in [3.8, 4) is 0 Å². The molecule has 0 aliphatic carbocycles. The highest BCUT2D eigenvalue weighted by molar-refractivity contribution is 6.30. The van der Waals surface area contributed by atoms with Gasteiger partial charge in [0.05, 0.1) is 0 Å². The molecule has 0 aliphatic heterocycles. The van der Waals surface area contributed by atoms with Crippen LogP contribution in [0.25, 0.3) is 0 Å². The molecule has 0 atom stereocenters. The molecule has 0 saturated carbocycles. The molecule has 2 aromatic rings. The van der Waals surface area contributed by atoms with Crippen molar-refractivity contribution >= 4 is 28.9 Å². The summed E-state index contributed by atoms with van der Waals surface area (Å²) in [7, 11) is 0. The first-order chi connectivity index (χ1) is 8.95. The van der Waals surface area contributed by atoms with Gasteiger partial charge < -0.3 is 11.1 Å². The summed E-state index contributed by atoms with van der Waals surface area (Å²) < 4.78 is 13.2. The van der Waals surface area contributed by atoms with Crippen LogP contribution in [0, 0.1) is 12.7 Å². The van der Waals surface area contributed by atoms with Crippen LogP contribution in [0.3, 0.4) is 0 Å². The molecule has 3 N–H and O–H groups in total. The van der Waals surface area contributed by atoms with Crippen molar-refractivity contribution in [2.24, 2.45) is 0 Å². The van der Waals surface area contributed by atoms with E-state index in [1.807, 2.05) is 6.92 Å². The van der Waals surface area contributed by atoms with Gasteiger partial charge in [-0.2, -0.15) is 0 Å². The van der Waals surface area contributed by atoms with Crippen LogP contribution in [0.15, 0.2) is 36.4 Å². The maximum absolute atomic E-state index is 13.2. The Bertz CT molecular complexity index is 623. The maximum Gasteiger partial charge on any atom is 0.255 e. The van der Waals surface area contributed by atoms with Gasteiger partial charge in [-0.3, -0.25) is 4.79 Å². The van der Waals surface area contributed by atoms with E-state index in [1.165, 1.54) is 6.07 Å². The second-order valence-electron chi connectivity index (χ2n) is 4.19. The maximum atomic E-state index is 13.2. The number of nitrogens with one attached hydrogen (secondary N) is 1. The second-order valence-corrected chi connectivity index (χ2v) is 4.62. The lowest BCUT2D eigenvalue weighted by Gasteiger charge is -2.09. The van der Waals surface area contributed by atoms with Crippen molar-refractivity contribution in [3.05, 3.63) is 58.4 Å². The summed E-state index contributed by atoms with van der Waals surface area (Å²) in [6, 6.07) is 8.81. The molecule has 3 nitrogen and oxygen atoms in total. The number of amides is 1. The third-order valence-electron chi connectivity index (χ3n) is 2.62. The van der Waals surface area contributed by atoms with Crippen molar-refractivity contribution in [3.63, 3.8) is 0 Å². The summed E-state index contributed by atoms with van der Waals surface area (Å²) in [5, 5.41) is 3.28. The molecule has 0 aliphatic rings. The number of anilines is 2. The summed E-state index contributed by atoms with van der Waals surface area (Å²) in [6.07, 6.45) is 0. The molecule has 0 saturated heterocycles. The molecule has 19 heavy (non-hydrogen) atoms. The van der Waals surface area contributed by atoms with E-state index < -0.39 is 11.7 Å². The van der Waals surface area contributed by atoms with Gasteiger partial charge in [-0.1, -0.05) is 11.6 Å². The normalized spacial score (nSPS) is 10.3. The zero-order chi connectivity index (χ0) is 14.0. The topological polar surface area (TPSA) is 55.1 Å². The fraction of sp³-hybridized carbons (Fsp3) is 0.0714. The zero-order valence-corrected chi connectivity index (χ0v) is 11.0. The van der Waals surface area contributed by atoms with E-state index in [0.29, 0.717) is 10.7 Å². The number of carbonyl (C=O) groups excluding carboxylic acids is 1. The Morgan fingerprint density at radius 3 is 2.63 bits per heavy atom. The van der Waals surface area contributed by atoms with E-state index in [2.05, 4.69) is 5.32 Å². The van der Waals surface area contributed by atoms with Gasteiger partial charge in [-0.15, -0.1) is 0 Å². The van der Waals surface area contributed by atoms with Gasteiger partial charge in [0.2, 0.25) is 0 Å². The predicted octanol–water partition coefficient (Wildman–Crippen LogP) is 3.62. The summed E-state index contributed by atoms with van der Waals surface area (Å²) in [6.45, 7) is 1.82. The molecule has 1 amide bonds. The van der Waals surface area contributed by atoms with Crippen LogP contribution in [-0.4, -0.2) is 5.91 Å². The van der Waals surface area contributed by atoms with Gasteiger partial charge in [0.1, 0.15) is 5.82 Å². The number of halogens is 2. The van der Waals surface area contributed by atoms with Gasteiger partial charge in [-0.25, -0.2) is 4.39 Å². The molecule has 0 bridgehead atoms. The van der Waals surface area contributed by atoms with Crippen molar-refractivity contribution in [1.29, 1.82) is 0 Å². The summed E-state index contributed by atoms with van der Waals surface area (Å²) in [4.78, 5) is 12.0. The lowest BCUT2D eigenvalue weighted by molar-refractivity contribution is 0.102. The van der Waals surface area contributed by atoms with Crippen LogP contribution in [0.4, 0.5) is 15.8 Å². The van der Waals surface area contributed by atoms with E-state index >= 15 is 0 Å². The van der Waals surface area contributed by atoms with E-state index in [4.69, 9.17) is 17.3 Å². The van der Waals surface area contributed by atoms with Gasteiger partial charge >= 0.3 is 0 Å². The fourth-order valence-corrected chi connectivity index (χ4v) is 1.93. The Morgan fingerprint density at radius 2 is 2.00 bits per heavy atom. The molecule has 0 unspecified atom stereocenters. The average molecular weight is 279 g/mol. The molecular formula is C14H12ClFN2O. The lowest BCUT2D eigenvalue weighted by Crippen LogP contribution is -2.13. The van der Waals surface area contributed by atoms with Crippen molar-refractivity contribution in [2.75, 3.05) is 11.1 Å². The largest absolute Gasteiger partial charge is 0.399 e. The average Bonchev–Trinajstić information content (AvgIpc) is 2.31. The number of benzene rings is 2. The Morgan fingerprint density at radius 1 is 1.26 bits per heavy atom. The minimum atomic E-state index is -0.544. The minimum absolute atomic E-state index is 0.173. The molecule has 2 rings (SSSR count). The molecule has 98 valence electrons. The van der Waals surface area contributed by atoms with E-state index in [-0.39, 0.29) is 11.3 Å². The molecule has 2 aromatic carbocycles. The van der Waals surface area contributed by atoms with Crippen LogP contribution in [0.5, 0.6) is 0 Å². The Kier molecular flexibility index (Phi) is 3.71. The van der Waals surface area contributed by atoms with Gasteiger partial charge in [-0.05, 0) is 48.9 Å². The van der Waals surface area contributed by atoms with E-state index in [0.717, 1.165) is 17.7 Å². The van der Waals surface area contributed by atoms with E-state index in [1.54, 1.807) is 18.2 Å². The summed E-state index contributed by atoms with van der Waals surface area (Å²) in [5.41, 5.74) is 7.33. The predicted molar refractivity (Wildman–Crippen MR) is 75.0 cm³/mol. The highest BCUT2D eigenvalue weighted by Crippen LogP contribution is 2.20. The number of nitrogens with two attached hydrogens (primary N) is 1. The van der Waals surface area contributed by atoms with Crippen molar-refractivity contribution in [1.82, 2.24) is 0 Å². The SMILES string of the molecule is Cc1cc(Cl)ccc1NC(=O)c1cc(N)cc(F)c1. The fourth-order valence-electron chi connectivity index (χ4n) is 1.71. The highest BCUT2D eigenvalue weighted by Gasteiger charge is 2.10. The van der Waals surface area contributed by atoms with Gasteiger partial charge in [0, 0.05) is 22.0 Å². The Balaban J connectivity index is 2.25. The molecule has 5 heteroatoms. The number of carbonyl (C=O) groups is 1. The first-order valence-electron chi connectivity index (χ1n) is 5.59. The standard InChI is InChI=1S/C14H12ClFN2O/c1-8-4-10(15)2-3-13(8)18-14(19)9-5-11(16)7-12(17)6-9/h2-7H,17H2,1H3,(H,18,19). The van der Waals surface area contributed by atoms with E-state index in [9.17, 15) is 9.18 Å². The number of hydrogen-bond donors (Lipinski definition) is 2. The van der Waals surface area contributed by atoms with Crippen molar-refractivity contribution < 1.29 is 9.18 Å². The monoisotopic (exact) mass is 278 g/mol. The molecule has 0 aromatic heterocycles. The van der Waals surface area contributed by atoms with Crippen molar-refractivity contribution in [2.45, 2.75) is 6.92 Å². The minimum Gasteiger partial charge on any atom is -0.399 e. The molecule has 0 fully saturated rings. The first kappa shape index (κ1) is 13.4. The third-order valence-corrected chi connectivity index (χ3v) is 2.85. The molecule has 0 radical (unpaired) electrons. The smallest absolute Gasteiger partial charge is 0.255 e. The number of hydrogen-bond acceptors (Lipinski definition) is 2.